The summed E-state index contributed by atoms with van der Waals surface area (Å²) in [4.78, 5) is 18.3. The molecule has 0 fully saturated rings. The topological polar surface area (TPSA) is 59.8 Å². The lowest BCUT2D eigenvalue weighted by molar-refractivity contribution is 0.0954. The molecule has 5 nitrogen and oxygen atoms in total. The SMILES string of the molecule is O=C(NCCCSc1ccccc1)c1cn(-c2ccccc2)nc1-c1cccnc1. The predicted octanol–water partition coefficient (Wildman–Crippen LogP) is 4.85. The summed E-state index contributed by atoms with van der Waals surface area (Å²) >= 11 is 1.79. The molecule has 0 aliphatic rings. The molecule has 0 atom stereocenters. The van der Waals surface area contributed by atoms with Crippen LogP contribution in [-0.4, -0.2) is 33.0 Å². The fraction of sp³-hybridized carbons (Fsp3) is 0.125. The molecule has 30 heavy (non-hydrogen) atoms. The molecule has 2 aromatic heterocycles. The van der Waals surface area contributed by atoms with Crippen molar-refractivity contribution in [3.8, 4) is 16.9 Å². The zero-order valence-electron chi connectivity index (χ0n) is 16.4. The van der Waals surface area contributed by atoms with Crippen molar-refractivity contribution >= 4 is 17.7 Å². The van der Waals surface area contributed by atoms with Crippen LogP contribution >= 0.6 is 11.8 Å². The van der Waals surface area contributed by atoms with Crippen molar-refractivity contribution in [3.05, 3.63) is 97.0 Å². The molecular weight excluding hydrogens is 392 g/mol. The maximum absolute atomic E-state index is 12.9. The highest BCUT2D eigenvalue weighted by atomic mass is 32.2. The van der Waals surface area contributed by atoms with Gasteiger partial charge in [0.05, 0.1) is 11.3 Å². The summed E-state index contributed by atoms with van der Waals surface area (Å²) in [6.45, 7) is 0.613. The first-order chi connectivity index (χ1) is 14.8. The number of benzene rings is 2. The molecule has 6 heteroatoms. The number of carbonyl (C=O) groups excluding carboxylic acids is 1. The number of hydrogen-bond donors (Lipinski definition) is 1. The molecule has 2 aromatic carbocycles. The van der Waals surface area contributed by atoms with Crippen molar-refractivity contribution in [1.82, 2.24) is 20.1 Å². The van der Waals surface area contributed by atoms with Crippen LogP contribution in [0.3, 0.4) is 0 Å². The van der Waals surface area contributed by atoms with E-state index in [1.165, 1.54) is 4.90 Å². The van der Waals surface area contributed by atoms with Gasteiger partial charge in [-0.25, -0.2) is 4.68 Å². The van der Waals surface area contributed by atoms with Crippen LogP contribution in [0.1, 0.15) is 16.8 Å². The Morgan fingerprint density at radius 3 is 2.47 bits per heavy atom. The number of pyridine rings is 1. The van der Waals surface area contributed by atoms with Gasteiger partial charge in [-0.05, 0) is 48.6 Å². The van der Waals surface area contributed by atoms with E-state index in [0.29, 0.717) is 17.8 Å². The van der Waals surface area contributed by atoms with E-state index in [2.05, 4.69) is 27.5 Å². The Kier molecular flexibility index (Phi) is 6.57. The number of thioether (sulfide) groups is 1. The molecule has 1 N–H and O–H groups in total. The highest BCUT2D eigenvalue weighted by Gasteiger charge is 2.18. The van der Waals surface area contributed by atoms with Crippen LogP contribution in [0.4, 0.5) is 0 Å². The zero-order valence-corrected chi connectivity index (χ0v) is 17.3. The molecular formula is C24H22N4OS. The first kappa shape index (κ1) is 19.9. The molecule has 4 aromatic rings. The van der Waals surface area contributed by atoms with Gasteiger partial charge in [-0.15, -0.1) is 11.8 Å². The van der Waals surface area contributed by atoms with Gasteiger partial charge >= 0.3 is 0 Å². The van der Waals surface area contributed by atoms with E-state index in [0.717, 1.165) is 23.4 Å². The molecule has 0 spiro atoms. The van der Waals surface area contributed by atoms with Crippen LogP contribution < -0.4 is 5.32 Å². The molecule has 2 heterocycles. The van der Waals surface area contributed by atoms with Crippen molar-refractivity contribution in [2.75, 3.05) is 12.3 Å². The maximum Gasteiger partial charge on any atom is 0.255 e. The zero-order chi connectivity index (χ0) is 20.6. The van der Waals surface area contributed by atoms with Crippen LogP contribution in [0.15, 0.2) is 96.3 Å². The molecule has 0 bridgehead atoms. The Morgan fingerprint density at radius 1 is 0.967 bits per heavy atom. The van der Waals surface area contributed by atoms with Gasteiger partial charge in [0.15, 0.2) is 0 Å². The van der Waals surface area contributed by atoms with Gasteiger partial charge < -0.3 is 5.32 Å². The van der Waals surface area contributed by atoms with Gasteiger partial charge in [-0.1, -0.05) is 36.4 Å². The van der Waals surface area contributed by atoms with E-state index < -0.39 is 0 Å². The number of nitrogens with zero attached hydrogens (tertiary/aromatic N) is 3. The summed E-state index contributed by atoms with van der Waals surface area (Å²) in [5.41, 5.74) is 2.89. The normalized spacial score (nSPS) is 10.7. The molecule has 150 valence electrons. The van der Waals surface area contributed by atoms with E-state index >= 15 is 0 Å². The molecule has 1 amide bonds. The van der Waals surface area contributed by atoms with E-state index in [9.17, 15) is 4.79 Å². The fourth-order valence-electron chi connectivity index (χ4n) is 3.05. The highest BCUT2D eigenvalue weighted by molar-refractivity contribution is 7.99. The third kappa shape index (κ3) is 4.96. The van der Waals surface area contributed by atoms with Gasteiger partial charge in [-0.2, -0.15) is 5.10 Å². The van der Waals surface area contributed by atoms with E-state index in [1.54, 1.807) is 35.0 Å². The molecule has 0 radical (unpaired) electrons. The maximum atomic E-state index is 12.9. The van der Waals surface area contributed by atoms with Gasteiger partial charge in [0.2, 0.25) is 0 Å². The van der Waals surface area contributed by atoms with Crippen LogP contribution in [0.25, 0.3) is 16.9 Å². The Hall–Kier alpha value is -3.38. The molecule has 0 aliphatic carbocycles. The fourth-order valence-corrected chi connectivity index (χ4v) is 3.92. The summed E-state index contributed by atoms with van der Waals surface area (Å²) in [5, 5.41) is 7.70. The smallest absolute Gasteiger partial charge is 0.255 e. The van der Waals surface area contributed by atoms with Crippen LogP contribution in [-0.2, 0) is 0 Å². The number of rotatable bonds is 8. The first-order valence-electron chi connectivity index (χ1n) is 9.83. The summed E-state index contributed by atoms with van der Waals surface area (Å²) in [5.74, 6) is 0.823. The lowest BCUT2D eigenvalue weighted by Crippen LogP contribution is -2.25. The molecule has 4 rings (SSSR count). The van der Waals surface area contributed by atoms with E-state index in [-0.39, 0.29) is 5.91 Å². The Labute approximate surface area is 180 Å². The molecule has 0 saturated heterocycles. The average molecular weight is 415 g/mol. The molecule has 0 aliphatic heterocycles. The number of para-hydroxylation sites is 1. The summed E-state index contributed by atoms with van der Waals surface area (Å²) in [7, 11) is 0. The van der Waals surface area contributed by atoms with Crippen molar-refractivity contribution in [2.24, 2.45) is 0 Å². The monoisotopic (exact) mass is 414 g/mol. The lowest BCUT2D eigenvalue weighted by atomic mass is 10.1. The quantitative estimate of drug-likeness (QED) is 0.331. The third-order valence-corrected chi connectivity index (χ3v) is 5.63. The summed E-state index contributed by atoms with van der Waals surface area (Å²) in [6.07, 6.45) is 6.11. The standard InChI is InChI=1S/C24H22N4OS/c29-24(26-15-8-16-30-21-12-5-2-6-13-21)22-18-28(20-10-3-1-4-11-20)27-23(22)19-9-7-14-25-17-19/h1-7,9-14,17-18H,8,15-16H2,(H,26,29). The van der Waals surface area contributed by atoms with Crippen molar-refractivity contribution < 1.29 is 4.79 Å². The van der Waals surface area contributed by atoms with E-state index in [4.69, 9.17) is 0 Å². The van der Waals surface area contributed by atoms with Crippen molar-refractivity contribution in [3.63, 3.8) is 0 Å². The Balaban J connectivity index is 1.45. The lowest BCUT2D eigenvalue weighted by Gasteiger charge is -2.05. The second kappa shape index (κ2) is 9.89. The van der Waals surface area contributed by atoms with Gasteiger partial charge in [0.25, 0.3) is 5.91 Å². The van der Waals surface area contributed by atoms with Crippen molar-refractivity contribution in [1.29, 1.82) is 0 Å². The van der Waals surface area contributed by atoms with Crippen LogP contribution in [0.2, 0.25) is 0 Å². The minimum atomic E-state index is -0.124. The largest absolute Gasteiger partial charge is 0.352 e. The first-order valence-corrected chi connectivity index (χ1v) is 10.8. The van der Waals surface area contributed by atoms with Crippen LogP contribution in [0, 0.1) is 0 Å². The van der Waals surface area contributed by atoms with Gasteiger partial charge in [0.1, 0.15) is 5.69 Å². The summed E-state index contributed by atoms with van der Waals surface area (Å²) < 4.78 is 1.74. The number of aromatic nitrogens is 3. The van der Waals surface area contributed by atoms with Gasteiger partial charge in [-0.3, -0.25) is 9.78 Å². The second-order valence-corrected chi connectivity index (χ2v) is 7.85. The molecule has 0 unspecified atom stereocenters. The number of carbonyl (C=O) groups is 1. The predicted molar refractivity (Wildman–Crippen MR) is 121 cm³/mol. The number of nitrogens with one attached hydrogen (secondary N) is 1. The second-order valence-electron chi connectivity index (χ2n) is 6.68. The highest BCUT2D eigenvalue weighted by Crippen LogP contribution is 2.23. The third-order valence-electron chi connectivity index (χ3n) is 4.53. The average Bonchev–Trinajstić information content (AvgIpc) is 3.26. The molecule has 0 saturated carbocycles. The number of amides is 1. The minimum Gasteiger partial charge on any atom is -0.352 e. The van der Waals surface area contributed by atoms with Crippen LogP contribution in [0.5, 0.6) is 0 Å². The summed E-state index contributed by atoms with van der Waals surface area (Å²) in [6, 6.07) is 23.8. The van der Waals surface area contributed by atoms with Crippen molar-refractivity contribution in [2.45, 2.75) is 11.3 Å². The minimum absolute atomic E-state index is 0.124. The van der Waals surface area contributed by atoms with E-state index in [1.807, 2.05) is 60.7 Å². The Bertz CT molecular complexity index is 1080. The Morgan fingerprint density at radius 2 is 1.73 bits per heavy atom. The van der Waals surface area contributed by atoms with Gasteiger partial charge in [0, 0.05) is 35.6 Å². The number of hydrogen-bond acceptors (Lipinski definition) is 4.